The molecule has 4 nitrogen and oxygen atoms in total. The van der Waals surface area contributed by atoms with Gasteiger partial charge in [0.2, 0.25) is 0 Å². The molecule has 7 heteroatoms. The van der Waals surface area contributed by atoms with Crippen molar-refractivity contribution in [2.45, 2.75) is 12.7 Å². The van der Waals surface area contributed by atoms with Gasteiger partial charge in [0, 0.05) is 11.4 Å². The lowest BCUT2D eigenvalue weighted by molar-refractivity contribution is -0.137. The lowest BCUT2D eigenvalue weighted by Gasteiger charge is -2.09. The van der Waals surface area contributed by atoms with Crippen LogP contribution in [0.25, 0.3) is 0 Å². The van der Waals surface area contributed by atoms with E-state index in [9.17, 15) is 18.0 Å². The van der Waals surface area contributed by atoms with E-state index in [4.69, 9.17) is 0 Å². The molecule has 0 aliphatic rings. The molecule has 0 radical (unpaired) electrons. The Labute approximate surface area is 118 Å². The Morgan fingerprint density at radius 3 is 2.43 bits per heavy atom. The monoisotopic (exact) mass is 298 g/mol. The first-order valence-corrected chi connectivity index (χ1v) is 6.07. The first-order valence-electron chi connectivity index (χ1n) is 6.07. The van der Waals surface area contributed by atoms with Gasteiger partial charge in [-0.1, -0.05) is 0 Å². The van der Waals surface area contributed by atoms with E-state index in [-0.39, 0.29) is 0 Å². The van der Waals surface area contributed by atoms with Gasteiger partial charge in [0.05, 0.1) is 19.2 Å². The van der Waals surface area contributed by atoms with Gasteiger partial charge in [0.15, 0.2) is 0 Å². The number of esters is 1. The molecule has 1 aromatic heterocycles. The molecule has 0 aliphatic carbocycles. The number of nitrogens with one attached hydrogen (secondary N) is 2. The van der Waals surface area contributed by atoms with Crippen molar-refractivity contribution in [3.05, 3.63) is 53.3 Å². The SMILES string of the molecule is COC(=O)c1ccc(CNc2ccc(C(F)(F)F)cc2)[nH]1. The third kappa shape index (κ3) is 3.77. The summed E-state index contributed by atoms with van der Waals surface area (Å²) in [7, 11) is 1.28. The maximum Gasteiger partial charge on any atom is 0.416 e. The molecule has 2 rings (SSSR count). The van der Waals surface area contributed by atoms with E-state index < -0.39 is 17.7 Å². The molecule has 0 atom stereocenters. The first-order chi connectivity index (χ1) is 9.90. The largest absolute Gasteiger partial charge is 0.464 e. The van der Waals surface area contributed by atoms with E-state index in [1.807, 2.05) is 0 Å². The van der Waals surface area contributed by atoms with Crippen molar-refractivity contribution < 1.29 is 22.7 Å². The number of aromatic nitrogens is 1. The highest BCUT2D eigenvalue weighted by atomic mass is 19.4. The van der Waals surface area contributed by atoms with Crippen LogP contribution >= 0.6 is 0 Å². The van der Waals surface area contributed by atoms with Crippen molar-refractivity contribution in [3.63, 3.8) is 0 Å². The molecule has 0 fully saturated rings. The van der Waals surface area contributed by atoms with E-state index in [2.05, 4.69) is 15.0 Å². The van der Waals surface area contributed by atoms with Crippen LogP contribution in [0.3, 0.4) is 0 Å². The fourth-order valence-electron chi connectivity index (χ4n) is 1.75. The molecule has 2 aromatic rings. The zero-order chi connectivity index (χ0) is 15.5. The second kappa shape index (κ2) is 5.90. The summed E-state index contributed by atoms with van der Waals surface area (Å²) in [6.45, 7) is 0.350. The predicted octanol–water partition coefficient (Wildman–Crippen LogP) is 3.43. The molecule has 112 valence electrons. The van der Waals surface area contributed by atoms with Crippen LogP contribution in [-0.4, -0.2) is 18.1 Å². The van der Waals surface area contributed by atoms with Crippen molar-refractivity contribution in [3.8, 4) is 0 Å². The predicted molar refractivity (Wildman–Crippen MR) is 70.9 cm³/mol. The van der Waals surface area contributed by atoms with E-state index in [1.165, 1.54) is 19.2 Å². The summed E-state index contributed by atoms with van der Waals surface area (Å²) in [4.78, 5) is 14.1. The molecule has 1 heterocycles. The third-order valence-corrected chi connectivity index (χ3v) is 2.85. The van der Waals surface area contributed by atoms with Crippen LogP contribution in [-0.2, 0) is 17.5 Å². The fourth-order valence-corrected chi connectivity index (χ4v) is 1.75. The van der Waals surface area contributed by atoms with E-state index in [1.54, 1.807) is 12.1 Å². The Hall–Kier alpha value is -2.44. The van der Waals surface area contributed by atoms with Gasteiger partial charge in [0.25, 0.3) is 0 Å². The number of anilines is 1. The number of carbonyl (C=O) groups is 1. The van der Waals surface area contributed by atoms with Gasteiger partial charge < -0.3 is 15.0 Å². The zero-order valence-corrected chi connectivity index (χ0v) is 11.1. The van der Waals surface area contributed by atoms with Crippen molar-refractivity contribution in [1.29, 1.82) is 0 Å². The molecule has 1 aromatic carbocycles. The van der Waals surface area contributed by atoms with Crippen molar-refractivity contribution in [1.82, 2.24) is 4.98 Å². The normalized spacial score (nSPS) is 11.2. The molecule has 0 bridgehead atoms. The second-order valence-corrected chi connectivity index (χ2v) is 4.32. The van der Waals surface area contributed by atoms with Crippen LogP contribution in [0.4, 0.5) is 18.9 Å². The van der Waals surface area contributed by atoms with Crippen molar-refractivity contribution in [2.24, 2.45) is 0 Å². The van der Waals surface area contributed by atoms with Gasteiger partial charge in [0.1, 0.15) is 5.69 Å². The van der Waals surface area contributed by atoms with Gasteiger partial charge in [-0.25, -0.2) is 4.79 Å². The average molecular weight is 298 g/mol. The van der Waals surface area contributed by atoms with Crippen molar-refractivity contribution >= 4 is 11.7 Å². The van der Waals surface area contributed by atoms with Crippen LogP contribution in [0.2, 0.25) is 0 Å². The summed E-state index contributed by atoms with van der Waals surface area (Å²) >= 11 is 0. The molecule has 2 N–H and O–H groups in total. The molecule has 0 aliphatic heterocycles. The lowest BCUT2D eigenvalue weighted by atomic mass is 10.2. The molecule has 0 saturated carbocycles. The number of halogens is 3. The Bertz CT molecular complexity index is 618. The molecular weight excluding hydrogens is 285 g/mol. The van der Waals surface area contributed by atoms with Gasteiger partial charge in [-0.05, 0) is 36.4 Å². The number of hydrogen-bond acceptors (Lipinski definition) is 3. The van der Waals surface area contributed by atoms with Crippen LogP contribution in [0.15, 0.2) is 36.4 Å². The van der Waals surface area contributed by atoms with Crippen molar-refractivity contribution in [2.75, 3.05) is 12.4 Å². The minimum Gasteiger partial charge on any atom is -0.464 e. The van der Waals surface area contributed by atoms with Crippen LogP contribution < -0.4 is 5.32 Å². The standard InChI is InChI=1S/C14H13F3N2O2/c1-21-13(20)12-7-6-11(19-12)8-18-10-4-2-9(3-5-10)14(15,16)17/h2-7,18-19H,8H2,1H3. The highest BCUT2D eigenvalue weighted by molar-refractivity contribution is 5.87. The average Bonchev–Trinajstić information content (AvgIpc) is 2.92. The second-order valence-electron chi connectivity index (χ2n) is 4.32. The number of H-pyrrole nitrogens is 1. The van der Waals surface area contributed by atoms with E-state index >= 15 is 0 Å². The highest BCUT2D eigenvalue weighted by Gasteiger charge is 2.29. The van der Waals surface area contributed by atoms with Gasteiger partial charge in [-0.15, -0.1) is 0 Å². The summed E-state index contributed by atoms with van der Waals surface area (Å²) in [6, 6.07) is 8.01. The Morgan fingerprint density at radius 1 is 1.19 bits per heavy atom. The number of methoxy groups -OCH3 is 1. The minimum absolute atomic E-state index is 0.321. The number of ether oxygens (including phenoxy) is 1. The molecule has 0 unspecified atom stereocenters. The number of alkyl halides is 3. The summed E-state index contributed by atoms with van der Waals surface area (Å²) < 4.78 is 41.8. The summed E-state index contributed by atoms with van der Waals surface area (Å²) in [5, 5.41) is 2.96. The Kier molecular flexibility index (Phi) is 4.21. The molecule has 0 amide bonds. The van der Waals surface area contributed by atoms with Crippen LogP contribution in [0.5, 0.6) is 0 Å². The van der Waals surface area contributed by atoms with Crippen LogP contribution in [0, 0.1) is 0 Å². The number of carbonyl (C=O) groups excluding carboxylic acids is 1. The first kappa shape index (κ1) is 15.0. The van der Waals surface area contributed by atoms with E-state index in [0.29, 0.717) is 17.9 Å². The van der Waals surface area contributed by atoms with Gasteiger partial charge >= 0.3 is 12.1 Å². The topological polar surface area (TPSA) is 54.1 Å². The van der Waals surface area contributed by atoms with E-state index in [0.717, 1.165) is 17.8 Å². The summed E-state index contributed by atoms with van der Waals surface area (Å²) in [5.74, 6) is -0.476. The molecule has 0 saturated heterocycles. The number of benzene rings is 1. The summed E-state index contributed by atoms with van der Waals surface area (Å²) in [5.41, 5.74) is 0.898. The smallest absolute Gasteiger partial charge is 0.416 e. The number of rotatable bonds is 4. The Morgan fingerprint density at radius 2 is 1.86 bits per heavy atom. The maximum absolute atomic E-state index is 12.4. The van der Waals surface area contributed by atoms with Gasteiger partial charge in [-0.3, -0.25) is 0 Å². The number of aromatic amines is 1. The zero-order valence-electron chi connectivity index (χ0n) is 11.1. The maximum atomic E-state index is 12.4. The number of hydrogen-bond donors (Lipinski definition) is 2. The molecular formula is C14H13F3N2O2. The minimum atomic E-state index is -4.34. The quantitative estimate of drug-likeness (QED) is 0.850. The highest BCUT2D eigenvalue weighted by Crippen LogP contribution is 2.29. The third-order valence-electron chi connectivity index (χ3n) is 2.85. The van der Waals surface area contributed by atoms with Gasteiger partial charge in [-0.2, -0.15) is 13.2 Å². The summed E-state index contributed by atoms with van der Waals surface area (Å²) in [6.07, 6.45) is -4.34. The lowest BCUT2D eigenvalue weighted by Crippen LogP contribution is -2.06. The molecule has 0 spiro atoms. The fraction of sp³-hybridized carbons (Fsp3) is 0.214. The molecule has 21 heavy (non-hydrogen) atoms. The Balaban J connectivity index is 1.97. The van der Waals surface area contributed by atoms with Crippen LogP contribution in [0.1, 0.15) is 21.7 Å².